The highest BCUT2D eigenvalue weighted by atomic mass is 35.5. The van der Waals surface area contributed by atoms with E-state index in [4.69, 9.17) is 0 Å². The third-order valence-corrected chi connectivity index (χ3v) is 3.09. The first-order chi connectivity index (χ1) is 7.68. The van der Waals surface area contributed by atoms with E-state index < -0.39 is 0 Å². The van der Waals surface area contributed by atoms with Crippen LogP contribution < -0.4 is 10.6 Å². The third kappa shape index (κ3) is 3.83. The molecule has 0 aromatic carbocycles. The summed E-state index contributed by atoms with van der Waals surface area (Å²) in [4.78, 5) is 16.1. The van der Waals surface area contributed by atoms with E-state index in [2.05, 4.69) is 15.6 Å². The highest BCUT2D eigenvalue weighted by molar-refractivity contribution is 5.94. The van der Waals surface area contributed by atoms with Crippen LogP contribution in [-0.4, -0.2) is 30.0 Å². The van der Waals surface area contributed by atoms with E-state index in [9.17, 15) is 4.79 Å². The van der Waals surface area contributed by atoms with E-state index in [1.54, 1.807) is 6.20 Å². The maximum atomic E-state index is 12.0. The molecule has 102 valence electrons. The Morgan fingerprint density at radius 1 is 1.44 bits per heavy atom. The zero-order chi connectivity index (χ0) is 11.5. The van der Waals surface area contributed by atoms with Crippen molar-refractivity contribution in [2.24, 2.45) is 0 Å². The molecule has 1 fully saturated rings. The molecular formula is C12H19Cl2N3O. The predicted molar refractivity (Wildman–Crippen MR) is 76.9 cm³/mol. The molecule has 0 radical (unpaired) electrons. The zero-order valence-electron chi connectivity index (χ0n) is 10.5. The number of nitrogens with one attached hydrogen (secondary N) is 2. The van der Waals surface area contributed by atoms with E-state index in [0.29, 0.717) is 5.69 Å². The van der Waals surface area contributed by atoms with Gasteiger partial charge in [0.25, 0.3) is 5.91 Å². The summed E-state index contributed by atoms with van der Waals surface area (Å²) in [5.74, 6) is -0.0603. The summed E-state index contributed by atoms with van der Waals surface area (Å²) in [6.45, 7) is 5.76. The lowest BCUT2D eigenvalue weighted by Crippen LogP contribution is -2.37. The van der Waals surface area contributed by atoms with Gasteiger partial charge in [0.1, 0.15) is 5.69 Å². The van der Waals surface area contributed by atoms with Crippen LogP contribution in [0.5, 0.6) is 0 Å². The molecule has 1 saturated heterocycles. The second-order valence-electron chi connectivity index (χ2n) is 4.26. The number of hydrogen-bond acceptors (Lipinski definition) is 3. The normalized spacial score (nSPS) is 17.6. The summed E-state index contributed by atoms with van der Waals surface area (Å²) in [6, 6.07) is 2.16. The van der Waals surface area contributed by atoms with Crippen molar-refractivity contribution in [1.29, 1.82) is 0 Å². The molecule has 0 bridgehead atoms. The van der Waals surface area contributed by atoms with Gasteiger partial charge in [-0.15, -0.1) is 24.8 Å². The highest BCUT2D eigenvalue weighted by Crippen LogP contribution is 2.10. The number of hydrogen-bond donors (Lipinski definition) is 2. The Labute approximate surface area is 120 Å². The number of halogens is 2. The lowest BCUT2D eigenvalue weighted by molar-refractivity contribution is 0.0934. The monoisotopic (exact) mass is 291 g/mol. The van der Waals surface area contributed by atoms with Crippen LogP contribution in [0.3, 0.4) is 0 Å². The van der Waals surface area contributed by atoms with Crippen LogP contribution in [0.1, 0.15) is 28.0 Å². The Balaban J connectivity index is 0.00000144. The maximum absolute atomic E-state index is 12.0. The van der Waals surface area contributed by atoms with E-state index >= 15 is 0 Å². The van der Waals surface area contributed by atoms with E-state index in [0.717, 1.165) is 30.6 Å². The van der Waals surface area contributed by atoms with Crippen LogP contribution in [0.2, 0.25) is 0 Å². The van der Waals surface area contributed by atoms with Gasteiger partial charge in [0.05, 0.1) is 0 Å². The molecule has 0 saturated carbocycles. The van der Waals surface area contributed by atoms with Crippen LogP contribution >= 0.6 is 24.8 Å². The summed E-state index contributed by atoms with van der Waals surface area (Å²) >= 11 is 0. The number of amides is 1. The number of aryl methyl sites for hydroxylation is 1. The molecule has 1 aromatic heterocycles. The molecule has 4 nitrogen and oxygen atoms in total. The molecule has 1 atom stereocenters. The van der Waals surface area contributed by atoms with Gasteiger partial charge < -0.3 is 10.6 Å². The first-order valence-corrected chi connectivity index (χ1v) is 5.62. The fraction of sp³-hybridized carbons (Fsp3) is 0.500. The molecule has 0 aliphatic carbocycles. The van der Waals surface area contributed by atoms with Gasteiger partial charge in [0, 0.05) is 18.8 Å². The summed E-state index contributed by atoms with van der Waals surface area (Å²) in [7, 11) is 0. The molecule has 2 heterocycles. The molecular weight excluding hydrogens is 273 g/mol. The average Bonchev–Trinajstić information content (AvgIpc) is 2.74. The minimum Gasteiger partial charge on any atom is -0.347 e. The third-order valence-electron chi connectivity index (χ3n) is 3.09. The van der Waals surface area contributed by atoms with Gasteiger partial charge in [-0.3, -0.25) is 9.78 Å². The van der Waals surface area contributed by atoms with E-state index in [1.165, 1.54) is 0 Å². The van der Waals surface area contributed by atoms with Gasteiger partial charge in [-0.05, 0) is 44.0 Å². The summed E-state index contributed by atoms with van der Waals surface area (Å²) in [5, 5.41) is 6.22. The van der Waals surface area contributed by atoms with E-state index in [1.807, 2.05) is 19.9 Å². The SMILES string of the molecule is Cc1ccnc(C(=O)NC2CCNC2)c1C.Cl.Cl. The Kier molecular flexibility index (Phi) is 7.21. The first-order valence-electron chi connectivity index (χ1n) is 5.62. The van der Waals surface area contributed by atoms with Crippen LogP contribution in [0.15, 0.2) is 12.3 Å². The molecule has 18 heavy (non-hydrogen) atoms. The predicted octanol–water partition coefficient (Wildman–Crippen LogP) is 1.63. The molecule has 6 heteroatoms. The molecule has 2 N–H and O–H groups in total. The van der Waals surface area contributed by atoms with Gasteiger partial charge in [-0.25, -0.2) is 0 Å². The molecule has 2 rings (SSSR count). The zero-order valence-corrected chi connectivity index (χ0v) is 12.2. The fourth-order valence-corrected chi connectivity index (χ4v) is 1.89. The Morgan fingerprint density at radius 2 is 2.17 bits per heavy atom. The molecule has 1 aliphatic heterocycles. The Morgan fingerprint density at radius 3 is 2.78 bits per heavy atom. The Bertz CT molecular complexity index is 406. The highest BCUT2D eigenvalue weighted by Gasteiger charge is 2.19. The lowest BCUT2D eigenvalue weighted by Gasteiger charge is -2.12. The van der Waals surface area contributed by atoms with Crippen molar-refractivity contribution in [3.63, 3.8) is 0 Å². The van der Waals surface area contributed by atoms with Crippen LogP contribution in [0, 0.1) is 13.8 Å². The van der Waals surface area contributed by atoms with E-state index in [-0.39, 0.29) is 36.8 Å². The molecule has 1 unspecified atom stereocenters. The number of pyridine rings is 1. The first kappa shape index (κ1) is 17.2. The van der Waals surface area contributed by atoms with Gasteiger partial charge in [0.2, 0.25) is 0 Å². The van der Waals surface area contributed by atoms with Crippen molar-refractivity contribution in [3.8, 4) is 0 Å². The largest absolute Gasteiger partial charge is 0.347 e. The van der Waals surface area contributed by atoms with Crippen molar-refractivity contribution < 1.29 is 4.79 Å². The number of aromatic nitrogens is 1. The van der Waals surface area contributed by atoms with Gasteiger partial charge in [0.15, 0.2) is 0 Å². The Hall–Kier alpha value is -0.840. The van der Waals surface area contributed by atoms with Gasteiger partial charge in [-0.2, -0.15) is 0 Å². The quantitative estimate of drug-likeness (QED) is 0.871. The van der Waals surface area contributed by atoms with Crippen LogP contribution in [-0.2, 0) is 0 Å². The number of nitrogens with zero attached hydrogens (tertiary/aromatic N) is 1. The number of rotatable bonds is 2. The van der Waals surface area contributed by atoms with Crippen molar-refractivity contribution in [1.82, 2.24) is 15.6 Å². The number of carbonyl (C=O) groups excluding carboxylic acids is 1. The minimum absolute atomic E-state index is 0. The summed E-state index contributed by atoms with van der Waals surface area (Å²) in [6.07, 6.45) is 2.68. The summed E-state index contributed by atoms with van der Waals surface area (Å²) < 4.78 is 0. The summed E-state index contributed by atoms with van der Waals surface area (Å²) in [5.41, 5.74) is 2.61. The molecule has 1 amide bonds. The second-order valence-corrected chi connectivity index (χ2v) is 4.26. The smallest absolute Gasteiger partial charge is 0.270 e. The maximum Gasteiger partial charge on any atom is 0.270 e. The molecule has 1 aromatic rings. The van der Waals surface area contributed by atoms with Crippen LogP contribution in [0.25, 0.3) is 0 Å². The van der Waals surface area contributed by atoms with Crippen LogP contribution in [0.4, 0.5) is 0 Å². The van der Waals surface area contributed by atoms with Crippen molar-refractivity contribution in [2.45, 2.75) is 26.3 Å². The van der Waals surface area contributed by atoms with Crippen molar-refractivity contribution in [2.75, 3.05) is 13.1 Å². The lowest BCUT2D eigenvalue weighted by atomic mass is 10.1. The van der Waals surface area contributed by atoms with Gasteiger partial charge in [-0.1, -0.05) is 0 Å². The molecule has 0 spiro atoms. The van der Waals surface area contributed by atoms with Gasteiger partial charge >= 0.3 is 0 Å². The second kappa shape index (κ2) is 7.56. The standard InChI is InChI=1S/C12H17N3O.2ClH/c1-8-3-6-14-11(9(8)2)12(16)15-10-4-5-13-7-10;;/h3,6,10,13H,4-5,7H2,1-2H3,(H,15,16);2*1H. The van der Waals surface area contributed by atoms with Crippen molar-refractivity contribution >= 4 is 30.7 Å². The fourth-order valence-electron chi connectivity index (χ4n) is 1.89. The van der Waals surface area contributed by atoms with Crippen molar-refractivity contribution in [3.05, 3.63) is 29.1 Å². The molecule has 1 aliphatic rings. The number of carbonyl (C=O) groups is 1. The topological polar surface area (TPSA) is 54.0 Å². The minimum atomic E-state index is -0.0603. The average molecular weight is 292 g/mol.